The van der Waals surface area contributed by atoms with E-state index < -0.39 is 6.04 Å². The van der Waals surface area contributed by atoms with Crippen molar-refractivity contribution in [3.63, 3.8) is 0 Å². The van der Waals surface area contributed by atoms with Crippen LogP contribution in [0.2, 0.25) is 0 Å². The van der Waals surface area contributed by atoms with Crippen LogP contribution in [0.25, 0.3) is 0 Å². The molecule has 3 rings (SSSR count). The second-order valence-electron chi connectivity index (χ2n) is 5.89. The molecule has 0 aromatic heterocycles. The van der Waals surface area contributed by atoms with Gasteiger partial charge in [0.1, 0.15) is 0 Å². The van der Waals surface area contributed by atoms with Crippen LogP contribution in [-0.4, -0.2) is 47.1 Å². The smallest absolute Gasteiger partial charge is 0.239 e. The van der Waals surface area contributed by atoms with Crippen LogP contribution in [0.4, 0.5) is 0 Å². The van der Waals surface area contributed by atoms with Crippen molar-refractivity contribution in [3.8, 4) is 0 Å². The van der Waals surface area contributed by atoms with Crippen molar-refractivity contribution in [1.82, 2.24) is 10.2 Å². The molecule has 2 heterocycles. The SMILES string of the molecule is N[C@@H](Cc1ccccc1)C(=O)N1CCC2(CC1)NCCS2. The highest BCUT2D eigenvalue weighted by Gasteiger charge is 2.39. The molecule has 5 heteroatoms. The van der Waals surface area contributed by atoms with E-state index in [1.807, 2.05) is 47.0 Å². The first-order valence-electron chi connectivity index (χ1n) is 7.66. The van der Waals surface area contributed by atoms with Crippen molar-refractivity contribution in [2.45, 2.75) is 30.2 Å². The average molecular weight is 305 g/mol. The number of carbonyl (C=O) groups excluding carboxylic acids is 1. The lowest BCUT2D eigenvalue weighted by atomic mass is 10.0. The van der Waals surface area contributed by atoms with Crippen LogP contribution in [0.1, 0.15) is 18.4 Å². The Morgan fingerprint density at radius 1 is 1.33 bits per heavy atom. The van der Waals surface area contributed by atoms with Crippen molar-refractivity contribution in [2.75, 3.05) is 25.4 Å². The number of likely N-dealkylation sites (tertiary alicyclic amines) is 1. The average Bonchev–Trinajstić information content (AvgIpc) is 2.96. The van der Waals surface area contributed by atoms with E-state index in [2.05, 4.69) is 5.32 Å². The van der Waals surface area contributed by atoms with Gasteiger partial charge in [-0.2, -0.15) is 0 Å². The van der Waals surface area contributed by atoms with Crippen molar-refractivity contribution in [1.29, 1.82) is 0 Å². The van der Waals surface area contributed by atoms with E-state index in [1.54, 1.807) is 0 Å². The van der Waals surface area contributed by atoms with Gasteiger partial charge < -0.3 is 16.0 Å². The number of thioether (sulfide) groups is 1. The summed E-state index contributed by atoms with van der Waals surface area (Å²) in [4.78, 5) is 14.6. The first kappa shape index (κ1) is 14.9. The first-order valence-corrected chi connectivity index (χ1v) is 8.64. The zero-order chi connectivity index (χ0) is 14.7. The molecule has 0 saturated carbocycles. The standard InChI is InChI=1S/C16H23N3OS/c17-14(12-13-4-2-1-3-5-13)15(20)19-9-6-16(7-10-19)18-8-11-21-16/h1-5,14,18H,6-12,17H2/t14-/m0/s1. The molecule has 0 radical (unpaired) electrons. The van der Waals surface area contributed by atoms with Crippen LogP contribution in [0.5, 0.6) is 0 Å². The maximum Gasteiger partial charge on any atom is 0.239 e. The molecule has 2 saturated heterocycles. The summed E-state index contributed by atoms with van der Waals surface area (Å²) in [7, 11) is 0. The molecule has 2 fully saturated rings. The second-order valence-corrected chi connectivity index (χ2v) is 7.37. The van der Waals surface area contributed by atoms with Crippen LogP contribution >= 0.6 is 11.8 Å². The fourth-order valence-electron chi connectivity index (χ4n) is 3.18. The van der Waals surface area contributed by atoms with E-state index in [4.69, 9.17) is 5.73 Å². The Hall–Kier alpha value is -1.04. The van der Waals surface area contributed by atoms with E-state index in [9.17, 15) is 4.79 Å². The molecule has 0 aliphatic carbocycles. The highest BCUT2D eigenvalue weighted by molar-refractivity contribution is 8.00. The molecule has 3 N–H and O–H groups in total. The zero-order valence-electron chi connectivity index (χ0n) is 12.3. The Balaban J connectivity index is 1.54. The highest BCUT2D eigenvalue weighted by atomic mass is 32.2. The third kappa shape index (κ3) is 3.42. The van der Waals surface area contributed by atoms with Gasteiger partial charge in [0.15, 0.2) is 0 Å². The quantitative estimate of drug-likeness (QED) is 0.881. The van der Waals surface area contributed by atoms with E-state index in [0.29, 0.717) is 6.42 Å². The fraction of sp³-hybridized carbons (Fsp3) is 0.562. The molecule has 2 aliphatic rings. The van der Waals surface area contributed by atoms with Gasteiger partial charge in [0, 0.05) is 25.4 Å². The number of rotatable bonds is 3. The molecule has 1 amide bonds. The highest BCUT2D eigenvalue weighted by Crippen LogP contribution is 2.36. The molecule has 1 aromatic rings. The normalized spacial score (nSPS) is 22.4. The van der Waals surface area contributed by atoms with Crippen LogP contribution in [0.15, 0.2) is 30.3 Å². The lowest BCUT2D eigenvalue weighted by Gasteiger charge is -2.39. The van der Waals surface area contributed by atoms with Gasteiger partial charge in [0.25, 0.3) is 0 Å². The van der Waals surface area contributed by atoms with Gasteiger partial charge in [0.2, 0.25) is 5.91 Å². The predicted octanol–water partition coefficient (Wildman–Crippen LogP) is 1.21. The van der Waals surface area contributed by atoms with E-state index in [1.165, 1.54) is 5.75 Å². The molecule has 114 valence electrons. The molecule has 1 aromatic carbocycles. The lowest BCUT2D eigenvalue weighted by molar-refractivity contribution is -0.133. The summed E-state index contributed by atoms with van der Waals surface area (Å²) in [6.07, 6.45) is 2.68. The fourth-order valence-corrected chi connectivity index (χ4v) is 4.45. The second kappa shape index (κ2) is 6.38. The summed E-state index contributed by atoms with van der Waals surface area (Å²) in [5.41, 5.74) is 7.24. The molecule has 0 bridgehead atoms. The Bertz CT molecular complexity index is 478. The molecule has 21 heavy (non-hydrogen) atoms. The minimum absolute atomic E-state index is 0.0942. The largest absolute Gasteiger partial charge is 0.341 e. The zero-order valence-corrected chi connectivity index (χ0v) is 13.1. The van der Waals surface area contributed by atoms with Crippen LogP contribution < -0.4 is 11.1 Å². The summed E-state index contributed by atoms with van der Waals surface area (Å²) in [6.45, 7) is 2.73. The van der Waals surface area contributed by atoms with Gasteiger partial charge in [-0.3, -0.25) is 4.79 Å². The summed E-state index contributed by atoms with van der Waals surface area (Å²) >= 11 is 2.01. The number of amides is 1. The number of nitrogens with one attached hydrogen (secondary N) is 1. The van der Waals surface area contributed by atoms with Gasteiger partial charge in [-0.1, -0.05) is 30.3 Å². The van der Waals surface area contributed by atoms with Crippen LogP contribution in [0, 0.1) is 0 Å². The van der Waals surface area contributed by atoms with Crippen molar-refractivity contribution in [2.24, 2.45) is 5.73 Å². The van der Waals surface area contributed by atoms with Gasteiger partial charge >= 0.3 is 0 Å². The summed E-state index contributed by atoms with van der Waals surface area (Å²) < 4.78 is 0. The molecular weight excluding hydrogens is 282 g/mol. The summed E-state index contributed by atoms with van der Waals surface area (Å²) in [6, 6.07) is 9.58. The van der Waals surface area contributed by atoms with E-state index in [0.717, 1.165) is 38.0 Å². The third-order valence-electron chi connectivity index (χ3n) is 4.43. The number of carbonyl (C=O) groups is 1. The maximum absolute atomic E-state index is 12.5. The van der Waals surface area contributed by atoms with Crippen molar-refractivity contribution < 1.29 is 4.79 Å². The molecule has 1 spiro atoms. The Morgan fingerprint density at radius 3 is 2.67 bits per heavy atom. The number of nitrogens with zero attached hydrogens (tertiary/aromatic N) is 1. The third-order valence-corrected chi connectivity index (χ3v) is 5.94. The van der Waals surface area contributed by atoms with Gasteiger partial charge in [0.05, 0.1) is 10.9 Å². The maximum atomic E-state index is 12.5. The predicted molar refractivity (Wildman–Crippen MR) is 87.1 cm³/mol. The monoisotopic (exact) mass is 305 g/mol. The van der Waals surface area contributed by atoms with Crippen molar-refractivity contribution in [3.05, 3.63) is 35.9 Å². The number of hydrogen-bond acceptors (Lipinski definition) is 4. The van der Waals surface area contributed by atoms with Crippen molar-refractivity contribution >= 4 is 17.7 Å². The minimum atomic E-state index is -0.425. The minimum Gasteiger partial charge on any atom is -0.341 e. The topological polar surface area (TPSA) is 58.4 Å². The Morgan fingerprint density at radius 2 is 2.05 bits per heavy atom. The molecule has 1 atom stereocenters. The first-order chi connectivity index (χ1) is 10.2. The van der Waals surface area contributed by atoms with Crippen LogP contribution in [0.3, 0.4) is 0 Å². The lowest BCUT2D eigenvalue weighted by Crippen LogP contribution is -2.53. The van der Waals surface area contributed by atoms with E-state index in [-0.39, 0.29) is 10.8 Å². The number of piperidine rings is 1. The number of benzene rings is 1. The molecule has 2 aliphatic heterocycles. The number of nitrogens with two attached hydrogens (primary N) is 1. The van der Waals surface area contributed by atoms with Gasteiger partial charge in [-0.15, -0.1) is 11.8 Å². The van der Waals surface area contributed by atoms with Crippen LogP contribution in [-0.2, 0) is 11.2 Å². The number of hydrogen-bond donors (Lipinski definition) is 2. The van der Waals surface area contributed by atoms with Gasteiger partial charge in [-0.25, -0.2) is 0 Å². The van der Waals surface area contributed by atoms with Gasteiger partial charge in [-0.05, 0) is 24.8 Å². The molecular formula is C16H23N3OS. The summed E-state index contributed by atoms with van der Waals surface area (Å²) in [5, 5.41) is 3.59. The molecule has 4 nitrogen and oxygen atoms in total. The Labute approximate surface area is 130 Å². The van der Waals surface area contributed by atoms with E-state index >= 15 is 0 Å². The Kier molecular flexibility index (Phi) is 4.52. The summed E-state index contributed by atoms with van der Waals surface area (Å²) in [5.74, 6) is 1.28. The molecule has 0 unspecified atom stereocenters.